The van der Waals surface area contributed by atoms with Gasteiger partial charge < -0.3 is 5.32 Å². The van der Waals surface area contributed by atoms with Gasteiger partial charge in [-0.25, -0.2) is 4.39 Å². The van der Waals surface area contributed by atoms with Gasteiger partial charge in [0.25, 0.3) is 0 Å². The van der Waals surface area contributed by atoms with E-state index in [2.05, 4.69) is 15.3 Å². The van der Waals surface area contributed by atoms with Crippen molar-refractivity contribution in [2.24, 2.45) is 0 Å². The fourth-order valence-electron chi connectivity index (χ4n) is 1.89. The van der Waals surface area contributed by atoms with Crippen LogP contribution >= 0.6 is 0 Å². The van der Waals surface area contributed by atoms with Gasteiger partial charge in [0.1, 0.15) is 5.82 Å². The Kier molecular flexibility index (Phi) is 3.44. The fraction of sp³-hybridized carbons (Fsp3) is 0.231. The molecule has 0 aliphatic heterocycles. The van der Waals surface area contributed by atoms with Crippen molar-refractivity contribution in [3.63, 3.8) is 0 Å². The summed E-state index contributed by atoms with van der Waals surface area (Å²) < 4.78 is 13.1. The third kappa shape index (κ3) is 2.47. The second-order valence-electron chi connectivity index (χ2n) is 3.85. The van der Waals surface area contributed by atoms with Crippen LogP contribution in [0.3, 0.4) is 0 Å². The van der Waals surface area contributed by atoms with Crippen molar-refractivity contribution in [2.75, 3.05) is 7.05 Å². The number of benzene rings is 1. The van der Waals surface area contributed by atoms with Gasteiger partial charge in [0.15, 0.2) is 0 Å². The molecule has 0 fully saturated rings. The number of hydrogen-bond acceptors (Lipinski definition) is 3. The summed E-state index contributed by atoms with van der Waals surface area (Å²) in [5, 5.41) is 3.17. The average molecular weight is 231 g/mol. The topological polar surface area (TPSA) is 37.8 Å². The van der Waals surface area contributed by atoms with Crippen LogP contribution in [-0.2, 0) is 0 Å². The van der Waals surface area contributed by atoms with Crippen LogP contribution in [0.5, 0.6) is 0 Å². The monoisotopic (exact) mass is 231 g/mol. The molecule has 1 N–H and O–H groups in total. The Morgan fingerprint density at radius 2 is 2.12 bits per heavy atom. The summed E-state index contributed by atoms with van der Waals surface area (Å²) in [6, 6.07) is 4.70. The second-order valence-corrected chi connectivity index (χ2v) is 3.85. The van der Waals surface area contributed by atoms with Gasteiger partial charge in [-0.05, 0) is 37.2 Å². The molecule has 1 heterocycles. The van der Waals surface area contributed by atoms with Crippen LogP contribution in [0, 0.1) is 12.7 Å². The normalized spacial score (nSPS) is 12.4. The summed E-state index contributed by atoms with van der Waals surface area (Å²) in [4.78, 5) is 8.32. The van der Waals surface area contributed by atoms with E-state index in [0.717, 1.165) is 16.8 Å². The maximum absolute atomic E-state index is 13.1. The van der Waals surface area contributed by atoms with Crippen LogP contribution in [0.2, 0.25) is 0 Å². The summed E-state index contributed by atoms with van der Waals surface area (Å²) >= 11 is 0. The number of halogens is 1. The molecule has 3 nitrogen and oxygen atoms in total. The van der Waals surface area contributed by atoms with E-state index in [-0.39, 0.29) is 11.9 Å². The van der Waals surface area contributed by atoms with Gasteiger partial charge in [0, 0.05) is 12.4 Å². The second kappa shape index (κ2) is 5.01. The van der Waals surface area contributed by atoms with E-state index in [4.69, 9.17) is 0 Å². The molecule has 0 saturated carbocycles. The Labute approximate surface area is 99.7 Å². The Morgan fingerprint density at radius 1 is 1.29 bits per heavy atom. The highest BCUT2D eigenvalue weighted by Gasteiger charge is 2.15. The van der Waals surface area contributed by atoms with Gasteiger partial charge in [-0.2, -0.15) is 0 Å². The van der Waals surface area contributed by atoms with Gasteiger partial charge in [-0.1, -0.05) is 6.07 Å². The van der Waals surface area contributed by atoms with E-state index in [1.807, 2.05) is 14.0 Å². The first-order valence-electron chi connectivity index (χ1n) is 5.41. The summed E-state index contributed by atoms with van der Waals surface area (Å²) in [7, 11) is 1.85. The summed E-state index contributed by atoms with van der Waals surface area (Å²) in [6.45, 7) is 1.89. The Bertz CT molecular complexity index is 499. The Morgan fingerprint density at radius 3 is 2.71 bits per heavy atom. The molecule has 0 aliphatic carbocycles. The third-order valence-electron chi connectivity index (χ3n) is 2.71. The molecule has 0 radical (unpaired) electrons. The van der Waals surface area contributed by atoms with Crippen LogP contribution in [0.4, 0.5) is 4.39 Å². The maximum atomic E-state index is 13.1. The van der Waals surface area contributed by atoms with Gasteiger partial charge in [0.05, 0.1) is 17.9 Å². The van der Waals surface area contributed by atoms with E-state index < -0.39 is 0 Å². The summed E-state index contributed by atoms with van der Waals surface area (Å²) in [5.74, 6) is -0.222. The molecule has 88 valence electrons. The number of rotatable bonds is 3. The lowest BCUT2D eigenvalue weighted by atomic mass is 9.99. The van der Waals surface area contributed by atoms with Crippen molar-refractivity contribution in [3.8, 4) is 0 Å². The van der Waals surface area contributed by atoms with Crippen LogP contribution in [0.25, 0.3) is 0 Å². The van der Waals surface area contributed by atoms with Crippen molar-refractivity contribution >= 4 is 0 Å². The van der Waals surface area contributed by atoms with E-state index in [1.54, 1.807) is 24.7 Å². The standard InChI is InChI=1S/C13H14FN3/c1-9-7-10(14)3-4-11(9)13(15-2)12-8-16-5-6-17-12/h3-8,13,15H,1-2H3. The number of hydrogen-bond donors (Lipinski definition) is 1. The van der Waals surface area contributed by atoms with Crippen molar-refractivity contribution in [1.29, 1.82) is 0 Å². The minimum Gasteiger partial charge on any atom is -0.308 e. The predicted molar refractivity (Wildman–Crippen MR) is 64.1 cm³/mol. The van der Waals surface area contributed by atoms with Crippen molar-refractivity contribution in [3.05, 3.63) is 59.4 Å². The average Bonchev–Trinajstić information content (AvgIpc) is 2.34. The van der Waals surface area contributed by atoms with E-state index in [0.29, 0.717) is 0 Å². The molecule has 1 aromatic carbocycles. The molecule has 2 rings (SSSR count). The first kappa shape index (κ1) is 11.7. The van der Waals surface area contributed by atoms with Crippen molar-refractivity contribution in [2.45, 2.75) is 13.0 Å². The number of aryl methyl sites for hydroxylation is 1. The lowest BCUT2D eigenvalue weighted by Crippen LogP contribution is -2.20. The van der Waals surface area contributed by atoms with Crippen molar-refractivity contribution in [1.82, 2.24) is 15.3 Å². The molecule has 1 unspecified atom stereocenters. The molecule has 1 aromatic heterocycles. The zero-order valence-corrected chi connectivity index (χ0v) is 9.81. The number of aromatic nitrogens is 2. The minimum atomic E-state index is -0.222. The van der Waals surface area contributed by atoms with Gasteiger partial charge in [-0.15, -0.1) is 0 Å². The highest BCUT2D eigenvalue weighted by Crippen LogP contribution is 2.23. The molecule has 4 heteroatoms. The zero-order valence-electron chi connectivity index (χ0n) is 9.81. The van der Waals surface area contributed by atoms with Gasteiger partial charge >= 0.3 is 0 Å². The van der Waals surface area contributed by atoms with E-state index in [1.165, 1.54) is 12.1 Å². The first-order valence-corrected chi connectivity index (χ1v) is 5.41. The largest absolute Gasteiger partial charge is 0.308 e. The van der Waals surface area contributed by atoms with Gasteiger partial charge in [-0.3, -0.25) is 9.97 Å². The predicted octanol–water partition coefficient (Wildman–Crippen LogP) is 2.23. The number of nitrogens with one attached hydrogen (secondary N) is 1. The molecule has 0 aliphatic rings. The first-order chi connectivity index (χ1) is 8.22. The molecular weight excluding hydrogens is 217 g/mol. The molecule has 17 heavy (non-hydrogen) atoms. The molecule has 1 atom stereocenters. The summed E-state index contributed by atoms with van der Waals surface area (Å²) in [5.41, 5.74) is 2.73. The third-order valence-corrected chi connectivity index (χ3v) is 2.71. The van der Waals surface area contributed by atoms with Crippen molar-refractivity contribution < 1.29 is 4.39 Å². The van der Waals surface area contributed by atoms with E-state index in [9.17, 15) is 4.39 Å². The Hall–Kier alpha value is -1.81. The van der Waals surface area contributed by atoms with Crippen LogP contribution in [-0.4, -0.2) is 17.0 Å². The molecule has 0 bridgehead atoms. The quantitative estimate of drug-likeness (QED) is 0.880. The smallest absolute Gasteiger partial charge is 0.123 e. The highest BCUT2D eigenvalue weighted by molar-refractivity contribution is 5.34. The van der Waals surface area contributed by atoms with Crippen LogP contribution in [0.15, 0.2) is 36.8 Å². The Balaban J connectivity index is 2.42. The molecule has 0 spiro atoms. The maximum Gasteiger partial charge on any atom is 0.123 e. The fourth-order valence-corrected chi connectivity index (χ4v) is 1.89. The highest BCUT2D eigenvalue weighted by atomic mass is 19.1. The number of nitrogens with zero attached hydrogens (tertiary/aromatic N) is 2. The molecule has 2 aromatic rings. The SMILES string of the molecule is CNC(c1cnccn1)c1ccc(F)cc1C. The lowest BCUT2D eigenvalue weighted by Gasteiger charge is -2.17. The van der Waals surface area contributed by atoms with Crippen LogP contribution < -0.4 is 5.32 Å². The zero-order chi connectivity index (χ0) is 12.3. The van der Waals surface area contributed by atoms with E-state index >= 15 is 0 Å². The molecular formula is C13H14FN3. The lowest BCUT2D eigenvalue weighted by molar-refractivity contribution is 0.618. The van der Waals surface area contributed by atoms with Crippen LogP contribution in [0.1, 0.15) is 22.9 Å². The molecule has 0 saturated heterocycles. The minimum absolute atomic E-state index is 0.0655. The van der Waals surface area contributed by atoms with Gasteiger partial charge in [0.2, 0.25) is 0 Å². The molecule has 0 amide bonds. The summed E-state index contributed by atoms with van der Waals surface area (Å²) in [6.07, 6.45) is 5.00.